The van der Waals surface area contributed by atoms with E-state index in [0.29, 0.717) is 29.6 Å². The average Bonchev–Trinajstić information content (AvgIpc) is 2.36. The first-order chi connectivity index (χ1) is 9.09. The second-order valence-corrected chi connectivity index (χ2v) is 5.10. The summed E-state index contributed by atoms with van der Waals surface area (Å²) in [5, 5.41) is 19.9. The number of ether oxygens (including phenoxy) is 2. The zero-order chi connectivity index (χ0) is 13.8. The number of fused-ring (bicyclic) bond motifs is 1. The molecule has 0 radical (unpaired) electrons. The predicted molar refractivity (Wildman–Crippen MR) is 73.2 cm³/mol. The van der Waals surface area contributed by atoms with Crippen molar-refractivity contribution < 1.29 is 19.7 Å². The van der Waals surface area contributed by atoms with E-state index in [4.69, 9.17) is 9.47 Å². The molecule has 0 saturated carbocycles. The molecule has 1 aliphatic heterocycles. The van der Waals surface area contributed by atoms with Gasteiger partial charge in [-0.3, -0.25) is 0 Å². The van der Waals surface area contributed by atoms with Gasteiger partial charge in [-0.2, -0.15) is 0 Å². The van der Waals surface area contributed by atoms with Crippen LogP contribution < -0.4 is 4.74 Å². The molecule has 0 unspecified atom stereocenters. The summed E-state index contributed by atoms with van der Waals surface area (Å²) < 4.78 is 11.0. The van der Waals surface area contributed by atoms with E-state index >= 15 is 0 Å². The summed E-state index contributed by atoms with van der Waals surface area (Å²) in [6.07, 6.45) is 2.01. The highest BCUT2D eigenvalue weighted by Gasteiger charge is 2.23. The molecule has 0 bridgehead atoms. The minimum absolute atomic E-state index is 0.00187. The average molecular weight is 264 g/mol. The van der Waals surface area contributed by atoms with Crippen molar-refractivity contribution in [2.75, 3.05) is 13.2 Å². The van der Waals surface area contributed by atoms with Crippen LogP contribution in [0.25, 0.3) is 5.76 Å². The zero-order valence-electron chi connectivity index (χ0n) is 11.3. The van der Waals surface area contributed by atoms with Crippen LogP contribution in [0, 0.1) is 5.92 Å². The van der Waals surface area contributed by atoms with Crippen molar-refractivity contribution in [3.05, 3.63) is 29.5 Å². The van der Waals surface area contributed by atoms with Crippen molar-refractivity contribution in [3.63, 3.8) is 0 Å². The fourth-order valence-corrected chi connectivity index (χ4v) is 2.03. The molecule has 19 heavy (non-hydrogen) atoms. The first-order valence-corrected chi connectivity index (χ1v) is 6.59. The Balaban J connectivity index is 2.06. The second-order valence-electron chi connectivity index (χ2n) is 5.10. The molecule has 4 heteroatoms. The van der Waals surface area contributed by atoms with E-state index in [2.05, 4.69) is 13.8 Å². The van der Waals surface area contributed by atoms with Crippen molar-refractivity contribution in [3.8, 4) is 11.5 Å². The smallest absolute Gasteiger partial charge is 0.176 e. The van der Waals surface area contributed by atoms with Crippen LogP contribution in [0.3, 0.4) is 0 Å². The third kappa shape index (κ3) is 3.13. The van der Waals surface area contributed by atoms with Gasteiger partial charge in [0, 0.05) is 0 Å². The minimum Gasteiger partial charge on any atom is -0.507 e. The largest absolute Gasteiger partial charge is 0.507 e. The van der Waals surface area contributed by atoms with Crippen molar-refractivity contribution in [1.29, 1.82) is 0 Å². The summed E-state index contributed by atoms with van der Waals surface area (Å²) in [5.41, 5.74) is 0.313. The lowest BCUT2D eigenvalue weighted by Gasteiger charge is -2.21. The van der Waals surface area contributed by atoms with Gasteiger partial charge in [-0.1, -0.05) is 19.9 Å². The Morgan fingerprint density at radius 3 is 2.84 bits per heavy atom. The number of aromatic hydroxyl groups is 1. The lowest BCUT2D eigenvalue weighted by Crippen LogP contribution is -2.14. The number of hydrogen-bond acceptors (Lipinski definition) is 4. The molecule has 1 aromatic carbocycles. The molecule has 0 aliphatic carbocycles. The Morgan fingerprint density at radius 2 is 2.11 bits per heavy atom. The van der Waals surface area contributed by atoms with Crippen LogP contribution in [0.15, 0.2) is 24.0 Å². The van der Waals surface area contributed by atoms with Gasteiger partial charge < -0.3 is 19.7 Å². The van der Waals surface area contributed by atoms with Gasteiger partial charge in [0.05, 0.1) is 6.61 Å². The normalized spacial score (nSPS) is 14.3. The second kappa shape index (κ2) is 5.87. The number of aliphatic hydroxyl groups excluding tert-OH is 1. The third-order valence-electron chi connectivity index (χ3n) is 3.07. The van der Waals surface area contributed by atoms with Crippen LogP contribution >= 0.6 is 0 Å². The van der Waals surface area contributed by atoms with E-state index in [1.807, 2.05) is 0 Å². The minimum atomic E-state index is -0.0242. The van der Waals surface area contributed by atoms with Crippen molar-refractivity contribution >= 4 is 5.76 Å². The van der Waals surface area contributed by atoms with Gasteiger partial charge in [-0.25, -0.2) is 0 Å². The number of phenols is 1. The van der Waals surface area contributed by atoms with Crippen molar-refractivity contribution in [2.24, 2.45) is 5.92 Å². The Morgan fingerprint density at radius 1 is 1.32 bits per heavy atom. The SMILES string of the molecule is CC(C)CCCOC1=C(O)c2c(O)cccc2OC1. The Kier molecular flexibility index (Phi) is 4.20. The van der Waals surface area contributed by atoms with Gasteiger partial charge in [0.25, 0.3) is 0 Å². The summed E-state index contributed by atoms with van der Waals surface area (Å²) in [7, 11) is 0. The summed E-state index contributed by atoms with van der Waals surface area (Å²) in [4.78, 5) is 0. The van der Waals surface area contributed by atoms with Crippen molar-refractivity contribution in [2.45, 2.75) is 26.7 Å². The Hall–Kier alpha value is -1.84. The number of benzene rings is 1. The van der Waals surface area contributed by atoms with Crippen LogP contribution in [0.4, 0.5) is 0 Å². The molecule has 0 spiro atoms. The van der Waals surface area contributed by atoms with Crippen LogP contribution in [0.2, 0.25) is 0 Å². The highest BCUT2D eigenvalue weighted by molar-refractivity contribution is 5.73. The van der Waals surface area contributed by atoms with Crippen LogP contribution in [0.1, 0.15) is 32.3 Å². The topological polar surface area (TPSA) is 58.9 Å². The van der Waals surface area contributed by atoms with Gasteiger partial charge in [-0.15, -0.1) is 0 Å². The molecular formula is C15H20O4. The molecule has 2 rings (SSSR count). The molecule has 104 valence electrons. The van der Waals surface area contributed by atoms with Gasteiger partial charge in [0.2, 0.25) is 0 Å². The van der Waals surface area contributed by atoms with Gasteiger partial charge >= 0.3 is 0 Å². The zero-order valence-corrected chi connectivity index (χ0v) is 11.3. The fourth-order valence-electron chi connectivity index (χ4n) is 2.03. The number of phenolic OH excluding ortho intramolecular Hbond substituents is 1. The third-order valence-corrected chi connectivity index (χ3v) is 3.07. The number of hydrogen-bond donors (Lipinski definition) is 2. The van der Waals surface area contributed by atoms with Crippen LogP contribution in [0.5, 0.6) is 11.5 Å². The molecule has 0 fully saturated rings. The van der Waals surface area contributed by atoms with E-state index in [-0.39, 0.29) is 18.1 Å². The number of aliphatic hydroxyl groups is 1. The molecule has 1 heterocycles. The lowest BCUT2D eigenvalue weighted by atomic mass is 10.1. The lowest BCUT2D eigenvalue weighted by molar-refractivity contribution is 0.151. The van der Waals surface area contributed by atoms with E-state index < -0.39 is 0 Å². The standard InChI is InChI=1S/C15H20O4/c1-10(2)5-4-8-18-13-9-19-12-7-3-6-11(16)14(12)15(13)17/h3,6-7,10,16-17H,4-5,8-9H2,1-2H3. The molecule has 0 atom stereocenters. The highest BCUT2D eigenvalue weighted by Crippen LogP contribution is 2.37. The van der Waals surface area contributed by atoms with E-state index in [1.165, 1.54) is 6.07 Å². The first-order valence-electron chi connectivity index (χ1n) is 6.59. The first kappa shape index (κ1) is 13.6. The quantitative estimate of drug-likeness (QED) is 0.799. The molecular weight excluding hydrogens is 244 g/mol. The maximum Gasteiger partial charge on any atom is 0.176 e. The molecule has 0 amide bonds. The van der Waals surface area contributed by atoms with Gasteiger partial charge in [-0.05, 0) is 30.9 Å². The summed E-state index contributed by atoms with van der Waals surface area (Å²) in [6, 6.07) is 4.90. The molecule has 0 aromatic heterocycles. The highest BCUT2D eigenvalue weighted by atomic mass is 16.5. The van der Waals surface area contributed by atoms with E-state index in [1.54, 1.807) is 12.1 Å². The molecule has 0 saturated heterocycles. The summed E-state index contributed by atoms with van der Waals surface area (Å²) >= 11 is 0. The monoisotopic (exact) mass is 264 g/mol. The van der Waals surface area contributed by atoms with E-state index in [0.717, 1.165) is 12.8 Å². The van der Waals surface area contributed by atoms with Gasteiger partial charge in [0.1, 0.15) is 23.7 Å². The Labute approximate surface area is 113 Å². The Bertz CT molecular complexity index is 477. The fraction of sp³-hybridized carbons (Fsp3) is 0.467. The molecule has 1 aliphatic rings. The van der Waals surface area contributed by atoms with Crippen LogP contribution in [-0.4, -0.2) is 23.4 Å². The maximum absolute atomic E-state index is 10.1. The van der Waals surface area contributed by atoms with Gasteiger partial charge in [0.15, 0.2) is 11.5 Å². The van der Waals surface area contributed by atoms with Crippen LogP contribution in [-0.2, 0) is 4.74 Å². The molecule has 4 nitrogen and oxygen atoms in total. The maximum atomic E-state index is 10.1. The summed E-state index contributed by atoms with van der Waals surface area (Å²) in [5.74, 6) is 1.48. The molecule has 2 N–H and O–H groups in total. The number of rotatable bonds is 5. The van der Waals surface area contributed by atoms with E-state index in [9.17, 15) is 10.2 Å². The molecule has 1 aromatic rings. The van der Waals surface area contributed by atoms with Crippen molar-refractivity contribution in [1.82, 2.24) is 0 Å². The predicted octanol–water partition coefficient (Wildman–Crippen LogP) is 3.46. The summed E-state index contributed by atoms with van der Waals surface area (Å²) in [6.45, 7) is 5.07.